The van der Waals surface area contributed by atoms with E-state index in [1.807, 2.05) is 18.2 Å². The molecule has 1 aromatic carbocycles. The number of carbonyl (C=O) groups is 1. The lowest BCUT2D eigenvalue weighted by molar-refractivity contribution is -0.186. The van der Waals surface area contributed by atoms with Crippen LogP contribution in [0.15, 0.2) is 30.3 Å². The van der Waals surface area contributed by atoms with Crippen LogP contribution in [0.1, 0.15) is 5.56 Å². The normalized spacial score (nSPS) is 23.2. The van der Waals surface area contributed by atoms with Gasteiger partial charge in [0.1, 0.15) is 0 Å². The SMILES string of the molecule is CN1CC(C(=O)NOCc2ccccc2)C(C(F)(F)F)C1. The molecular formula is C14H17F3N2O2. The van der Waals surface area contributed by atoms with Gasteiger partial charge in [0.15, 0.2) is 0 Å². The Bertz CT molecular complexity index is 479. The van der Waals surface area contributed by atoms with Gasteiger partial charge < -0.3 is 4.90 Å². The fourth-order valence-electron chi connectivity index (χ4n) is 2.44. The molecule has 0 radical (unpaired) electrons. The van der Waals surface area contributed by atoms with Gasteiger partial charge in [0.2, 0.25) is 5.91 Å². The van der Waals surface area contributed by atoms with Crippen LogP contribution in [0.5, 0.6) is 0 Å². The zero-order chi connectivity index (χ0) is 15.5. The van der Waals surface area contributed by atoms with E-state index >= 15 is 0 Å². The highest BCUT2D eigenvalue weighted by atomic mass is 19.4. The molecule has 21 heavy (non-hydrogen) atoms. The number of hydrogen-bond acceptors (Lipinski definition) is 3. The molecule has 0 aromatic heterocycles. The van der Waals surface area contributed by atoms with Gasteiger partial charge in [-0.15, -0.1) is 0 Å². The van der Waals surface area contributed by atoms with E-state index in [0.717, 1.165) is 5.56 Å². The number of carbonyl (C=O) groups excluding carboxylic acids is 1. The first kappa shape index (κ1) is 15.8. The Kier molecular flexibility index (Phi) is 4.84. The van der Waals surface area contributed by atoms with Crippen molar-refractivity contribution in [3.8, 4) is 0 Å². The van der Waals surface area contributed by atoms with Gasteiger partial charge in [-0.3, -0.25) is 9.63 Å². The van der Waals surface area contributed by atoms with Crippen molar-refractivity contribution in [1.29, 1.82) is 0 Å². The number of nitrogens with zero attached hydrogens (tertiary/aromatic N) is 1. The van der Waals surface area contributed by atoms with E-state index < -0.39 is 23.9 Å². The molecule has 1 aliphatic heterocycles. The molecule has 1 aliphatic rings. The first-order chi connectivity index (χ1) is 9.88. The molecule has 116 valence electrons. The van der Waals surface area contributed by atoms with E-state index in [1.54, 1.807) is 19.2 Å². The number of hydroxylamine groups is 1. The highest BCUT2D eigenvalue weighted by Crippen LogP contribution is 2.37. The molecule has 1 amide bonds. The number of alkyl halides is 3. The molecule has 0 bridgehead atoms. The largest absolute Gasteiger partial charge is 0.393 e. The van der Waals surface area contributed by atoms with E-state index in [1.165, 1.54) is 4.90 Å². The van der Waals surface area contributed by atoms with Crippen LogP contribution in [0.25, 0.3) is 0 Å². The average Bonchev–Trinajstić information content (AvgIpc) is 2.82. The third-order valence-corrected chi connectivity index (χ3v) is 3.51. The van der Waals surface area contributed by atoms with Crippen molar-refractivity contribution in [2.45, 2.75) is 12.8 Å². The third-order valence-electron chi connectivity index (χ3n) is 3.51. The maximum atomic E-state index is 12.9. The van der Waals surface area contributed by atoms with Gasteiger partial charge in [0, 0.05) is 13.1 Å². The quantitative estimate of drug-likeness (QED) is 0.865. The van der Waals surface area contributed by atoms with Gasteiger partial charge in [-0.05, 0) is 12.6 Å². The Morgan fingerprint density at radius 2 is 2.00 bits per heavy atom. The summed E-state index contributed by atoms with van der Waals surface area (Å²) in [5, 5.41) is 0. The van der Waals surface area contributed by atoms with E-state index in [9.17, 15) is 18.0 Å². The van der Waals surface area contributed by atoms with Crippen LogP contribution in [0.3, 0.4) is 0 Å². The Morgan fingerprint density at radius 3 is 2.62 bits per heavy atom. The number of benzene rings is 1. The lowest BCUT2D eigenvalue weighted by Gasteiger charge is -2.20. The summed E-state index contributed by atoms with van der Waals surface area (Å²) in [4.78, 5) is 18.4. The monoisotopic (exact) mass is 302 g/mol. The summed E-state index contributed by atoms with van der Waals surface area (Å²) in [6, 6.07) is 9.06. The molecular weight excluding hydrogens is 285 g/mol. The Hall–Kier alpha value is -1.60. The molecule has 2 atom stereocenters. The van der Waals surface area contributed by atoms with E-state index in [4.69, 9.17) is 4.84 Å². The van der Waals surface area contributed by atoms with Crippen molar-refractivity contribution in [3.63, 3.8) is 0 Å². The molecule has 2 unspecified atom stereocenters. The minimum atomic E-state index is -4.38. The molecule has 0 aliphatic carbocycles. The topological polar surface area (TPSA) is 41.6 Å². The minimum Gasteiger partial charge on any atom is -0.305 e. The van der Waals surface area contributed by atoms with Gasteiger partial charge in [-0.1, -0.05) is 30.3 Å². The van der Waals surface area contributed by atoms with Gasteiger partial charge in [0.05, 0.1) is 18.4 Å². The van der Waals surface area contributed by atoms with Crippen molar-refractivity contribution in [3.05, 3.63) is 35.9 Å². The molecule has 4 nitrogen and oxygen atoms in total. The number of likely N-dealkylation sites (tertiary alicyclic amines) is 1. The Morgan fingerprint density at radius 1 is 1.33 bits per heavy atom. The van der Waals surface area contributed by atoms with Crippen LogP contribution in [0.4, 0.5) is 13.2 Å². The van der Waals surface area contributed by atoms with Gasteiger partial charge in [-0.25, -0.2) is 5.48 Å². The second kappa shape index (κ2) is 6.44. The van der Waals surface area contributed by atoms with E-state index in [0.29, 0.717) is 0 Å². The second-order valence-electron chi connectivity index (χ2n) is 5.22. The third kappa shape index (κ3) is 4.18. The zero-order valence-electron chi connectivity index (χ0n) is 11.6. The number of amides is 1. The van der Waals surface area contributed by atoms with E-state index in [-0.39, 0.29) is 19.7 Å². The molecule has 1 heterocycles. The lowest BCUT2D eigenvalue weighted by atomic mass is 9.95. The number of halogens is 3. The summed E-state index contributed by atoms with van der Waals surface area (Å²) in [6.07, 6.45) is -4.38. The maximum Gasteiger partial charge on any atom is 0.393 e. The van der Waals surface area contributed by atoms with Crippen LogP contribution < -0.4 is 5.48 Å². The molecule has 7 heteroatoms. The zero-order valence-corrected chi connectivity index (χ0v) is 11.6. The number of nitrogens with one attached hydrogen (secondary N) is 1. The molecule has 2 rings (SSSR count). The number of hydrogen-bond donors (Lipinski definition) is 1. The van der Waals surface area contributed by atoms with Crippen LogP contribution in [-0.2, 0) is 16.2 Å². The van der Waals surface area contributed by atoms with Crippen LogP contribution >= 0.6 is 0 Å². The number of rotatable bonds is 4. The first-order valence-electron chi connectivity index (χ1n) is 6.58. The Labute approximate surface area is 120 Å². The van der Waals surface area contributed by atoms with Crippen LogP contribution in [0.2, 0.25) is 0 Å². The molecule has 0 spiro atoms. The van der Waals surface area contributed by atoms with E-state index in [2.05, 4.69) is 5.48 Å². The standard InChI is InChI=1S/C14H17F3N2O2/c1-19-7-11(12(8-19)14(15,16)17)13(20)18-21-9-10-5-3-2-4-6-10/h2-6,11-12H,7-9H2,1H3,(H,18,20). The fourth-order valence-corrected chi connectivity index (χ4v) is 2.44. The summed E-state index contributed by atoms with van der Waals surface area (Å²) >= 11 is 0. The van der Waals surface area contributed by atoms with Crippen molar-refractivity contribution in [2.75, 3.05) is 20.1 Å². The summed E-state index contributed by atoms with van der Waals surface area (Å²) in [5.74, 6) is -3.51. The summed E-state index contributed by atoms with van der Waals surface area (Å²) in [7, 11) is 1.57. The van der Waals surface area contributed by atoms with Gasteiger partial charge >= 0.3 is 6.18 Å². The summed E-state index contributed by atoms with van der Waals surface area (Å²) in [5.41, 5.74) is 2.96. The summed E-state index contributed by atoms with van der Waals surface area (Å²) < 4.78 is 38.7. The molecule has 1 N–H and O–H groups in total. The van der Waals surface area contributed by atoms with Crippen molar-refractivity contribution in [2.24, 2.45) is 11.8 Å². The lowest BCUT2D eigenvalue weighted by Crippen LogP contribution is -2.40. The molecule has 1 saturated heterocycles. The maximum absolute atomic E-state index is 12.9. The molecule has 1 fully saturated rings. The highest BCUT2D eigenvalue weighted by Gasteiger charge is 2.51. The van der Waals surface area contributed by atoms with Gasteiger partial charge in [-0.2, -0.15) is 13.2 Å². The van der Waals surface area contributed by atoms with Crippen LogP contribution in [-0.4, -0.2) is 37.1 Å². The highest BCUT2D eigenvalue weighted by molar-refractivity contribution is 5.78. The molecule has 0 saturated carbocycles. The minimum absolute atomic E-state index is 0.0741. The summed E-state index contributed by atoms with van der Waals surface area (Å²) in [6.45, 7) is 0.0246. The molecule has 1 aromatic rings. The van der Waals surface area contributed by atoms with Crippen molar-refractivity contribution in [1.82, 2.24) is 10.4 Å². The van der Waals surface area contributed by atoms with Crippen molar-refractivity contribution < 1.29 is 22.8 Å². The van der Waals surface area contributed by atoms with Gasteiger partial charge in [0.25, 0.3) is 0 Å². The van der Waals surface area contributed by atoms with Crippen molar-refractivity contribution >= 4 is 5.91 Å². The fraction of sp³-hybridized carbons (Fsp3) is 0.500. The second-order valence-corrected chi connectivity index (χ2v) is 5.22. The first-order valence-corrected chi connectivity index (χ1v) is 6.58. The Balaban J connectivity index is 1.87. The predicted molar refractivity (Wildman–Crippen MR) is 69.9 cm³/mol. The van der Waals surface area contributed by atoms with Crippen LogP contribution in [0, 0.1) is 11.8 Å². The average molecular weight is 302 g/mol. The predicted octanol–water partition coefficient (Wildman–Crippen LogP) is 1.97. The smallest absolute Gasteiger partial charge is 0.305 e.